The first kappa shape index (κ1) is 16.7. The van der Waals surface area contributed by atoms with Crippen molar-refractivity contribution in [2.45, 2.75) is 6.42 Å². The van der Waals surface area contributed by atoms with E-state index in [2.05, 4.69) is 0 Å². The second-order valence-electron chi connectivity index (χ2n) is 6.07. The van der Waals surface area contributed by atoms with Crippen LogP contribution < -0.4 is 0 Å². The largest absolute Gasteiger partial charge is 0.384 e. The van der Waals surface area contributed by atoms with Crippen LogP contribution in [-0.4, -0.2) is 83.4 Å². The number of amides is 1. The summed E-state index contributed by atoms with van der Waals surface area (Å²) < 4.78 is 35.4. The fourth-order valence-electron chi connectivity index (χ4n) is 3.45. The molecule has 2 fully saturated rings. The molecule has 122 valence electrons. The van der Waals surface area contributed by atoms with Crippen molar-refractivity contribution in [3.63, 3.8) is 0 Å². The summed E-state index contributed by atoms with van der Waals surface area (Å²) in [5, 5.41) is 0. The lowest BCUT2D eigenvalue weighted by Crippen LogP contribution is -2.51. The Morgan fingerprint density at radius 3 is 2.57 bits per heavy atom. The van der Waals surface area contributed by atoms with Gasteiger partial charge in [-0.25, -0.2) is 12.7 Å². The molecule has 0 aromatic rings. The zero-order valence-electron chi connectivity index (χ0n) is 12.9. The molecule has 0 spiro atoms. The van der Waals surface area contributed by atoms with Crippen LogP contribution in [0.3, 0.4) is 0 Å². The maximum absolute atomic E-state index is 12.0. The Labute approximate surface area is 126 Å². The first-order valence-corrected chi connectivity index (χ1v) is 8.88. The Bertz CT molecular complexity index is 495. The quantitative estimate of drug-likeness (QED) is 0.675. The summed E-state index contributed by atoms with van der Waals surface area (Å²) in [5.41, 5.74) is -0.179. The van der Waals surface area contributed by atoms with Crippen LogP contribution in [0.1, 0.15) is 6.42 Å². The molecule has 0 aromatic heterocycles. The Morgan fingerprint density at radius 2 is 2.00 bits per heavy atom. The van der Waals surface area contributed by atoms with Crippen LogP contribution in [0.4, 0.5) is 0 Å². The molecule has 0 unspecified atom stereocenters. The standard InChI is InChI=1S/C13H24N2O5S/c1-19-8-12(16)14-5-4-13(10-20-2)9-15(21(3,17)18)7-11(13)6-14/h11H,4-10H2,1-3H3/t11-,13+/m1/s1. The highest BCUT2D eigenvalue weighted by atomic mass is 32.2. The molecule has 2 heterocycles. The van der Waals surface area contributed by atoms with E-state index in [4.69, 9.17) is 9.47 Å². The molecule has 2 aliphatic heterocycles. The van der Waals surface area contributed by atoms with Crippen LogP contribution in [0.5, 0.6) is 0 Å². The third-order valence-corrected chi connectivity index (χ3v) is 5.84. The van der Waals surface area contributed by atoms with E-state index in [1.54, 1.807) is 12.0 Å². The summed E-state index contributed by atoms with van der Waals surface area (Å²) >= 11 is 0. The van der Waals surface area contributed by atoms with Crippen LogP contribution in [0.2, 0.25) is 0 Å². The van der Waals surface area contributed by atoms with Crippen molar-refractivity contribution in [1.29, 1.82) is 0 Å². The predicted molar refractivity (Wildman–Crippen MR) is 77.3 cm³/mol. The van der Waals surface area contributed by atoms with Crippen LogP contribution in [0.15, 0.2) is 0 Å². The van der Waals surface area contributed by atoms with Crippen molar-refractivity contribution in [3.8, 4) is 0 Å². The van der Waals surface area contributed by atoms with Gasteiger partial charge in [-0.3, -0.25) is 4.79 Å². The number of nitrogens with zero attached hydrogens (tertiary/aromatic N) is 2. The first-order chi connectivity index (χ1) is 9.82. The van der Waals surface area contributed by atoms with Gasteiger partial charge >= 0.3 is 0 Å². The molecule has 2 saturated heterocycles. The van der Waals surface area contributed by atoms with E-state index in [0.29, 0.717) is 32.8 Å². The van der Waals surface area contributed by atoms with E-state index < -0.39 is 10.0 Å². The van der Waals surface area contributed by atoms with Crippen molar-refractivity contribution >= 4 is 15.9 Å². The number of fused-ring (bicyclic) bond motifs is 1. The van der Waals surface area contributed by atoms with E-state index in [-0.39, 0.29) is 23.8 Å². The second-order valence-corrected chi connectivity index (χ2v) is 8.05. The molecule has 0 N–H and O–H groups in total. The SMILES string of the molecule is COCC(=O)N1CC[C@@]2(COC)CN(S(C)(=O)=O)C[C@H]2C1. The van der Waals surface area contributed by atoms with Gasteiger partial charge in [0.15, 0.2) is 0 Å². The van der Waals surface area contributed by atoms with Crippen molar-refractivity contribution in [3.05, 3.63) is 0 Å². The van der Waals surface area contributed by atoms with Crippen LogP contribution >= 0.6 is 0 Å². The van der Waals surface area contributed by atoms with E-state index in [0.717, 1.165) is 6.42 Å². The van der Waals surface area contributed by atoms with Gasteiger partial charge in [0.05, 0.1) is 12.9 Å². The van der Waals surface area contributed by atoms with Gasteiger partial charge < -0.3 is 14.4 Å². The minimum Gasteiger partial charge on any atom is -0.384 e. The number of ether oxygens (including phenoxy) is 2. The molecule has 7 nitrogen and oxygen atoms in total. The van der Waals surface area contributed by atoms with Gasteiger partial charge in [-0.2, -0.15) is 0 Å². The summed E-state index contributed by atoms with van der Waals surface area (Å²) in [6.07, 6.45) is 1.99. The number of hydrogen-bond donors (Lipinski definition) is 0. The van der Waals surface area contributed by atoms with E-state index in [1.165, 1.54) is 17.7 Å². The molecular weight excluding hydrogens is 296 g/mol. The minimum absolute atomic E-state index is 0.0404. The Hall–Kier alpha value is -0.700. The highest BCUT2D eigenvalue weighted by molar-refractivity contribution is 7.88. The molecule has 2 atom stereocenters. The van der Waals surface area contributed by atoms with Crippen molar-refractivity contribution < 1.29 is 22.7 Å². The number of piperidine rings is 1. The number of carbonyl (C=O) groups excluding carboxylic acids is 1. The van der Waals surface area contributed by atoms with Crippen LogP contribution in [0.25, 0.3) is 0 Å². The topological polar surface area (TPSA) is 76.2 Å². The van der Waals surface area contributed by atoms with E-state index >= 15 is 0 Å². The number of rotatable bonds is 5. The number of carbonyl (C=O) groups is 1. The lowest BCUT2D eigenvalue weighted by atomic mass is 9.73. The molecule has 0 aliphatic carbocycles. The third kappa shape index (κ3) is 3.39. The van der Waals surface area contributed by atoms with Crippen LogP contribution in [-0.2, 0) is 24.3 Å². The second kappa shape index (κ2) is 6.20. The van der Waals surface area contributed by atoms with Crippen LogP contribution in [0, 0.1) is 11.3 Å². The lowest BCUT2D eigenvalue weighted by molar-refractivity contribution is -0.139. The number of hydrogen-bond acceptors (Lipinski definition) is 5. The van der Waals surface area contributed by atoms with Gasteiger partial charge in [0, 0.05) is 45.8 Å². The molecule has 2 aliphatic rings. The Morgan fingerprint density at radius 1 is 1.29 bits per heavy atom. The summed E-state index contributed by atoms with van der Waals surface area (Å²) in [4.78, 5) is 13.7. The molecule has 2 rings (SSSR count). The summed E-state index contributed by atoms with van der Waals surface area (Å²) in [5.74, 6) is 0.0723. The Kier molecular flexibility index (Phi) is 4.92. The molecular formula is C13H24N2O5S. The molecule has 0 aromatic carbocycles. The monoisotopic (exact) mass is 320 g/mol. The zero-order valence-corrected chi connectivity index (χ0v) is 13.7. The molecule has 21 heavy (non-hydrogen) atoms. The fraction of sp³-hybridized carbons (Fsp3) is 0.923. The normalized spacial score (nSPS) is 30.4. The van der Waals surface area contributed by atoms with Crippen molar-refractivity contribution in [1.82, 2.24) is 9.21 Å². The number of likely N-dealkylation sites (tertiary alicyclic amines) is 1. The van der Waals surface area contributed by atoms with Crippen molar-refractivity contribution in [2.24, 2.45) is 11.3 Å². The molecule has 8 heteroatoms. The predicted octanol–water partition coefficient (Wildman–Crippen LogP) is -0.611. The number of methoxy groups -OCH3 is 2. The molecule has 0 radical (unpaired) electrons. The minimum atomic E-state index is -3.22. The van der Waals surface area contributed by atoms with Gasteiger partial charge in [-0.05, 0) is 12.3 Å². The zero-order chi connectivity index (χ0) is 15.7. The van der Waals surface area contributed by atoms with Gasteiger partial charge in [-0.15, -0.1) is 0 Å². The fourth-order valence-corrected chi connectivity index (χ4v) is 4.39. The highest BCUT2D eigenvalue weighted by Gasteiger charge is 2.52. The average Bonchev–Trinajstić information content (AvgIpc) is 2.77. The van der Waals surface area contributed by atoms with Crippen molar-refractivity contribution in [2.75, 3.05) is 59.9 Å². The van der Waals surface area contributed by atoms with E-state index in [9.17, 15) is 13.2 Å². The maximum atomic E-state index is 12.0. The first-order valence-electron chi connectivity index (χ1n) is 7.03. The highest BCUT2D eigenvalue weighted by Crippen LogP contribution is 2.43. The summed E-state index contributed by atoms with van der Waals surface area (Å²) in [7, 11) is -0.0812. The van der Waals surface area contributed by atoms with Gasteiger partial charge in [-0.1, -0.05) is 0 Å². The van der Waals surface area contributed by atoms with Gasteiger partial charge in [0.2, 0.25) is 15.9 Å². The summed E-state index contributed by atoms with van der Waals surface area (Å²) in [6.45, 7) is 2.72. The Balaban J connectivity index is 2.15. The third-order valence-electron chi connectivity index (χ3n) is 4.62. The molecule has 1 amide bonds. The summed E-state index contributed by atoms with van der Waals surface area (Å²) in [6, 6.07) is 0. The molecule has 0 bridgehead atoms. The lowest BCUT2D eigenvalue weighted by Gasteiger charge is -2.43. The smallest absolute Gasteiger partial charge is 0.248 e. The number of sulfonamides is 1. The van der Waals surface area contributed by atoms with Gasteiger partial charge in [0.25, 0.3) is 0 Å². The molecule has 0 saturated carbocycles. The van der Waals surface area contributed by atoms with E-state index in [1.807, 2.05) is 0 Å². The van der Waals surface area contributed by atoms with Gasteiger partial charge in [0.1, 0.15) is 6.61 Å². The average molecular weight is 320 g/mol. The maximum Gasteiger partial charge on any atom is 0.248 e.